The number of hydrogen-bond donors (Lipinski definition) is 3. The maximum atomic E-state index is 9.13. The largest absolute Gasteiger partial charge is 0.488 e. The van der Waals surface area contributed by atoms with Gasteiger partial charge in [0.05, 0.1) is 0 Å². The van der Waals surface area contributed by atoms with Gasteiger partial charge in [-0.1, -0.05) is 60.7 Å². The zero-order valence-electron chi connectivity index (χ0n) is 12.0. The van der Waals surface area contributed by atoms with Crippen LogP contribution >= 0.6 is 0 Å². The first-order valence-corrected chi connectivity index (χ1v) is 7.11. The molecule has 0 amide bonds. The van der Waals surface area contributed by atoms with Crippen molar-refractivity contribution in [1.82, 2.24) is 0 Å². The molecule has 0 aromatic heterocycles. The van der Waals surface area contributed by atoms with Crippen LogP contribution in [0.1, 0.15) is 0 Å². The van der Waals surface area contributed by atoms with Crippen molar-refractivity contribution >= 4 is 24.0 Å². The van der Waals surface area contributed by atoms with E-state index in [2.05, 4.69) is 23.5 Å². The summed E-state index contributed by atoms with van der Waals surface area (Å²) in [6.45, 7) is 0. The van der Waals surface area contributed by atoms with Gasteiger partial charge in [0.25, 0.3) is 0 Å². The molecule has 0 bridgehead atoms. The van der Waals surface area contributed by atoms with Gasteiger partial charge in [-0.3, -0.25) is 0 Å². The fourth-order valence-corrected chi connectivity index (χ4v) is 2.36. The summed E-state index contributed by atoms with van der Waals surface area (Å²) >= 11 is 0. The molecule has 0 unspecified atom stereocenters. The van der Waals surface area contributed by atoms with Gasteiger partial charge in [0.1, 0.15) is 0 Å². The Morgan fingerprint density at radius 2 is 1.32 bits per heavy atom. The lowest BCUT2D eigenvalue weighted by Gasteiger charge is -2.12. The lowest BCUT2D eigenvalue weighted by atomic mass is 9.80. The summed E-state index contributed by atoms with van der Waals surface area (Å²) < 4.78 is 0. The second kappa shape index (κ2) is 6.47. The van der Waals surface area contributed by atoms with Crippen LogP contribution in [0.3, 0.4) is 0 Å². The summed E-state index contributed by atoms with van der Waals surface area (Å²) in [5, 5.41) is 21.6. The molecule has 0 spiro atoms. The summed E-state index contributed by atoms with van der Waals surface area (Å²) in [4.78, 5) is 0. The van der Waals surface area contributed by atoms with Crippen molar-refractivity contribution in [3.05, 3.63) is 78.9 Å². The Kier molecular flexibility index (Phi) is 4.23. The average molecular weight is 289 g/mol. The third-order valence-corrected chi connectivity index (χ3v) is 3.50. The SMILES string of the molecule is OB(O)c1ccc(Nc2ccccc2-c2ccccc2)cc1. The van der Waals surface area contributed by atoms with Gasteiger partial charge in [-0.15, -0.1) is 0 Å². The van der Waals surface area contributed by atoms with Crippen molar-refractivity contribution in [2.75, 3.05) is 5.32 Å². The summed E-state index contributed by atoms with van der Waals surface area (Å²) in [5.74, 6) is 0. The number of hydrogen-bond acceptors (Lipinski definition) is 3. The highest BCUT2D eigenvalue weighted by molar-refractivity contribution is 6.58. The van der Waals surface area contributed by atoms with E-state index in [9.17, 15) is 0 Å². The Labute approximate surface area is 130 Å². The Morgan fingerprint density at radius 3 is 2.00 bits per heavy atom. The molecule has 0 heterocycles. The number of benzene rings is 3. The third kappa shape index (κ3) is 3.19. The van der Waals surface area contributed by atoms with E-state index >= 15 is 0 Å². The van der Waals surface area contributed by atoms with Crippen LogP contribution in [0.5, 0.6) is 0 Å². The van der Waals surface area contributed by atoms with Gasteiger partial charge in [0, 0.05) is 16.9 Å². The monoisotopic (exact) mass is 289 g/mol. The van der Waals surface area contributed by atoms with E-state index in [0.717, 1.165) is 22.5 Å². The number of anilines is 2. The van der Waals surface area contributed by atoms with Crippen LogP contribution in [0.15, 0.2) is 78.9 Å². The quantitative estimate of drug-likeness (QED) is 0.647. The van der Waals surface area contributed by atoms with Crippen molar-refractivity contribution in [2.24, 2.45) is 0 Å². The first-order valence-electron chi connectivity index (χ1n) is 7.11. The first-order chi connectivity index (χ1) is 10.7. The van der Waals surface area contributed by atoms with E-state index in [1.54, 1.807) is 12.1 Å². The van der Waals surface area contributed by atoms with Crippen molar-refractivity contribution in [3.8, 4) is 11.1 Å². The minimum atomic E-state index is -1.44. The molecule has 0 atom stereocenters. The fourth-order valence-electron chi connectivity index (χ4n) is 2.36. The second-order valence-electron chi connectivity index (χ2n) is 5.03. The van der Waals surface area contributed by atoms with Crippen LogP contribution in [0.4, 0.5) is 11.4 Å². The van der Waals surface area contributed by atoms with Crippen molar-refractivity contribution in [1.29, 1.82) is 0 Å². The highest BCUT2D eigenvalue weighted by Crippen LogP contribution is 2.29. The third-order valence-electron chi connectivity index (χ3n) is 3.50. The molecule has 0 saturated carbocycles. The number of rotatable bonds is 4. The molecular weight excluding hydrogens is 273 g/mol. The van der Waals surface area contributed by atoms with Crippen molar-refractivity contribution in [3.63, 3.8) is 0 Å². The van der Waals surface area contributed by atoms with E-state index in [1.165, 1.54) is 0 Å². The molecule has 3 N–H and O–H groups in total. The standard InChI is InChI=1S/C18H16BNO2/c21-19(22)15-10-12-16(13-11-15)20-18-9-5-4-8-17(18)14-6-2-1-3-7-14/h1-13,20-22H. The van der Waals surface area contributed by atoms with Crippen LogP contribution in [-0.2, 0) is 0 Å². The van der Waals surface area contributed by atoms with Gasteiger partial charge >= 0.3 is 7.12 Å². The molecule has 22 heavy (non-hydrogen) atoms. The maximum Gasteiger partial charge on any atom is 0.488 e. The number of nitrogens with one attached hydrogen (secondary N) is 1. The van der Waals surface area contributed by atoms with Gasteiger partial charge in [-0.25, -0.2) is 0 Å². The molecule has 3 nitrogen and oxygen atoms in total. The Morgan fingerprint density at radius 1 is 0.682 bits per heavy atom. The molecule has 0 fully saturated rings. The predicted molar refractivity (Wildman–Crippen MR) is 91.4 cm³/mol. The maximum absolute atomic E-state index is 9.13. The van der Waals surface area contributed by atoms with Crippen LogP contribution in [0.25, 0.3) is 11.1 Å². The minimum Gasteiger partial charge on any atom is -0.423 e. The van der Waals surface area contributed by atoms with Crippen molar-refractivity contribution in [2.45, 2.75) is 0 Å². The summed E-state index contributed by atoms with van der Waals surface area (Å²) in [6.07, 6.45) is 0. The number of para-hydroxylation sites is 1. The van der Waals surface area contributed by atoms with E-state index in [4.69, 9.17) is 10.0 Å². The van der Waals surface area contributed by atoms with E-state index in [1.807, 2.05) is 48.5 Å². The van der Waals surface area contributed by atoms with Gasteiger partial charge < -0.3 is 15.4 Å². The van der Waals surface area contributed by atoms with Gasteiger partial charge in [0.2, 0.25) is 0 Å². The normalized spacial score (nSPS) is 10.3. The van der Waals surface area contributed by atoms with E-state index in [-0.39, 0.29) is 0 Å². The average Bonchev–Trinajstić information content (AvgIpc) is 2.57. The van der Waals surface area contributed by atoms with Crippen LogP contribution in [0, 0.1) is 0 Å². The summed E-state index contributed by atoms with van der Waals surface area (Å²) in [7, 11) is -1.44. The molecule has 108 valence electrons. The van der Waals surface area contributed by atoms with Gasteiger partial charge in [-0.2, -0.15) is 0 Å². The molecule has 0 aliphatic carbocycles. The summed E-state index contributed by atoms with van der Waals surface area (Å²) in [6, 6.07) is 25.3. The molecule has 3 rings (SSSR count). The topological polar surface area (TPSA) is 52.5 Å². The van der Waals surface area contributed by atoms with Crippen LogP contribution in [-0.4, -0.2) is 17.2 Å². The van der Waals surface area contributed by atoms with Crippen LogP contribution < -0.4 is 10.8 Å². The predicted octanol–water partition coefficient (Wildman–Crippen LogP) is 2.78. The molecule has 0 radical (unpaired) electrons. The van der Waals surface area contributed by atoms with Crippen molar-refractivity contribution < 1.29 is 10.0 Å². The second-order valence-corrected chi connectivity index (χ2v) is 5.03. The van der Waals surface area contributed by atoms with Crippen LogP contribution in [0.2, 0.25) is 0 Å². The van der Waals surface area contributed by atoms with Gasteiger partial charge in [0.15, 0.2) is 0 Å². The van der Waals surface area contributed by atoms with E-state index in [0.29, 0.717) is 5.46 Å². The molecule has 4 heteroatoms. The van der Waals surface area contributed by atoms with Gasteiger partial charge in [-0.05, 0) is 29.2 Å². The zero-order chi connectivity index (χ0) is 15.4. The smallest absolute Gasteiger partial charge is 0.423 e. The molecule has 3 aromatic carbocycles. The molecular formula is C18H16BNO2. The highest BCUT2D eigenvalue weighted by atomic mass is 16.4. The molecule has 3 aromatic rings. The summed E-state index contributed by atoms with van der Waals surface area (Å²) in [5.41, 5.74) is 4.64. The fraction of sp³-hybridized carbons (Fsp3) is 0. The zero-order valence-corrected chi connectivity index (χ0v) is 12.0. The Balaban J connectivity index is 1.90. The molecule has 0 aliphatic rings. The Hall–Kier alpha value is -2.56. The first kappa shape index (κ1) is 14.4. The molecule has 0 saturated heterocycles. The molecule has 0 aliphatic heterocycles. The lowest BCUT2D eigenvalue weighted by Crippen LogP contribution is -2.29. The minimum absolute atomic E-state index is 0.474. The lowest BCUT2D eigenvalue weighted by molar-refractivity contribution is 0.426. The van der Waals surface area contributed by atoms with E-state index < -0.39 is 7.12 Å². The highest BCUT2D eigenvalue weighted by Gasteiger charge is 2.10. The Bertz CT molecular complexity index is 743.